The van der Waals surface area contributed by atoms with Crippen molar-refractivity contribution in [1.29, 1.82) is 0 Å². The van der Waals surface area contributed by atoms with Crippen molar-refractivity contribution in [2.45, 2.75) is 50.0 Å². The number of anilines is 1. The predicted octanol–water partition coefficient (Wildman–Crippen LogP) is 4.76. The maximum atomic E-state index is 13.2. The monoisotopic (exact) mass is 490 g/mol. The minimum absolute atomic E-state index is 0.0467. The number of halogens is 1. The second kappa shape index (κ2) is 10.3. The van der Waals surface area contributed by atoms with Crippen LogP contribution in [-0.4, -0.2) is 44.3 Å². The molecule has 1 amide bonds. The molecule has 176 valence electrons. The molecule has 2 aromatic carbocycles. The lowest BCUT2D eigenvalue weighted by atomic mass is 10.1. The zero-order valence-electron chi connectivity index (χ0n) is 18.5. The van der Waals surface area contributed by atoms with Crippen LogP contribution in [0.4, 0.5) is 9.52 Å². The molecular weight excluding hydrogens is 463 g/mol. The van der Waals surface area contributed by atoms with Crippen molar-refractivity contribution in [3.63, 3.8) is 0 Å². The van der Waals surface area contributed by atoms with Crippen LogP contribution in [0, 0.1) is 5.82 Å². The topological polar surface area (TPSA) is 76.6 Å². The summed E-state index contributed by atoms with van der Waals surface area (Å²) in [5, 5.41) is 0.618. The van der Waals surface area contributed by atoms with Crippen LogP contribution in [-0.2, 0) is 25.8 Å². The van der Waals surface area contributed by atoms with E-state index in [-0.39, 0.29) is 35.5 Å². The molecule has 1 unspecified atom stereocenters. The third-order valence-corrected chi connectivity index (χ3v) is 8.65. The smallest absolute Gasteiger partial charge is 0.228 e. The van der Waals surface area contributed by atoms with Gasteiger partial charge in [-0.25, -0.2) is 17.8 Å². The molecule has 0 radical (unpaired) electrons. The Labute approximate surface area is 197 Å². The molecule has 9 heteroatoms. The van der Waals surface area contributed by atoms with E-state index in [0.717, 1.165) is 47.2 Å². The van der Waals surface area contributed by atoms with Crippen LogP contribution in [0.2, 0.25) is 0 Å². The summed E-state index contributed by atoms with van der Waals surface area (Å²) in [6.07, 6.45) is 2.89. The lowest BCUT2D eigenvalue weighted by molar-refractivity contribution is -0.119. The molecule has 0 spiro atoms. The van der Waals surface area contributed by atoms with Gasteiger partial charge >= 0.3 is 0 Å². The number of benzene rings is 2. The fraction of sp³-hybridized carbons (Fsp3) is 0.417. The lowest BCUT2D eigenvalue weighted by Gasteiger charge is -2.23. The van der Waals surface area contributed by atoms with Crippen LogP contribution in [0.25, 0.3) is 10.2 Å². The number of thiazole rings is 1. The molecule has 1 aromatic heterocycles. The minimum atomic E-state index is -3.59. The number of nitrogens with zero attached hydrogens (tertiary/aromatic N) is 2. The fourth-order valence-corrected chi connectivity index (χ4v) is 6.33. The number of ether oxygens (including phenoxy) is 1. The number of hydrogen-bond acceptors (Lipinski definition) is 6. The van der Waals surface area contributed by atoms with Crippen molar-refractivity contribution in [3.8, 4) is 0 Å². The number of carbonyl (C=O) groups is 1. The highest BCUT2D eigenvalue weighted by molar-refractivity contribution is 7.91. The number of sulfone groups is 1. The third kappa shape index (κ3) is 5.59. The quantitative estimate of drug-likeness (QED) is 0.404. The normalized spacial score (nSPS) is 16.4. The SMILES string of the molecule is CCc1cccc2sc(N(CC3CCCO3)C(=O)CCCS(=O)(=O)c3ccc(F)cc3)nc12. The van der Waals surface area contributed by atoms with E-state index in [2.05, 4.69) is 6.92 Å². The molecule has 3 aromatic rings. The van der Waals surface area contributed by atoms with Gasteiger partial charge in [0.05, 0.1) is 33.5 Å². The highest BCUT2D eigenvalue weighted by Gasteiger charge is 2.27. The average Bonchev–Trinajstić information content (AvgIpc) is 3.47. The first-order valence-electron chi connectivity index (χ1n) is 11.2. The third-order valence-electron chi connectivity index (χ3n) is 5.79. The van der Waals surface area contributed by atoms with Crippen molar-refractivity contribution >= 4 is 42.4 Å². The van der Waals surface area contributed by atoms with Crippen LogP contribution in [0.1, 0.15) is 38.2 Å². The fourth-order valence-electron chi connectivity index (χ4n) is 3.98. The van der Waals surface area contributed by atoms with E-state index < -0.39 is 15.7 Å². The molecule has 1 saturated heterocycles. The molecule has 33 heavy (non-hydrogen) atoms. The number of rotatable bonds is 9. The van der Waals surface area contributed by atoms with Crippen molar-refractivity contribution in [2.75, 3.05) is 23.8 Å². The summed E-state index contributed by atoms with van der Waals surface area (Å²) < 4.78 is 45.0. The second-order valence-corrected chi connectivity index (χ2v) is 11.2. The van der Waals surface area contributed by atoms with Gasteiger partial charge in [0.1, 0.15) is 5.82 Å². The van der Waals surface area contributed by atoms with E-state index in [1.807, 2.05) is 18.2 Å². The number of amides is 1. The van der Waals surface area contributed by atoms with Gasteiger partial charge in [0.15, 0.2) is 15.0 Å². The Hall–Kier alpha value is -2.36. The van der Waals surface area contributed by atoms with Gasteiger partial charge in [-0.05, 0) is 61.6 Å². The highest BCUT2D eigenvalue weighted by atomic mass is 32.2. The minimum Gasteiger partial charge on any atom is -0.376 e. The molecule has 0 aliphatic carbocycles. The van der Waals surface area contributed by atoms with E-state index in [9.17, 15) is 17.6 Å². The summed E-state index contributed by atoms with van der Waals surface area (Å²) >= 11 is 1.47. The maximum Gasteiger partial charge on any atom is 0.228 e. The summed E-state index contributed by atoms with van der Waals surface area (Å²) in [4.78, 5) is 19.7. The molecule has 0 saturated carbocycles. The van der Waals surface area contributed by atoms with Gasteiger partial charge in [0, 0.05) is 13.0 Å². The first-order valence-corrected chi connectivity index (χ1v) is 13.6. The highest BCUT2D eigenvalue weighted by Crippen LogP contribution is 2.32. The number of aromatic nitrogens is 1. The number of hydrogen-bond donors (Lipinski definition) is 0. The Bertz CT molecular complexity index is 1220. The molecule has 1 atom stereocenters. The van der Waals surface area contributed by atoms with Gasteiger partial charge < -0.3 is 4.74 Å². The largest absolute Gasteiger partial charge is 0.376 e. The number of fused-ring (bicyclic) bond motifs is 1. The molecule has 4 rings (SSSR count). The van der Waals surface area contributed by atoms with Crippen molar-refractivity contribution < 1.29 is 22.3 Å². The van der Waals surface area contributed by atoms with Gasteiger partial charge in [-0.15, -0.1) is 0 Å². The first-order chi connectivity index (χ1) is 15.9. The summed E-state index contributed by atoms with van der Waals surface area (Å²) in [5.41, 5.74) is 2.04. The van der Waals surface area contributed by atoms with E-state index in [0.29, 0.717) is 18.3 Å². The summed E-state index contributed by atoms with van der Waals surface area (Å²) in [6, 6.07) is 10.8. The van der Waals surface area contributed by atoms with Gasteiger partial charge in [-0.2, -0.15) is 0 Å². The lowest BCUT2D eigenvalue weighted by Crippen LogP contribution is -2.37. The second-order valence-electron chi connectivity index (χ2n) is 8.13. The van der Waals surface area contributed by atoms with Crippen LogP contribution in [0.5, 0.6) is 0 Å². The maximum absolute atomic E-state index is 13.2. The van der Waals surface area contributed by atoms with Crippen molar-refractivity contribution in [2.24, 2.45) is 0 Å². The van der Waals surface area contributed by atoms with Gasteiger partial charge in [-0.1, -0.05) is 30.4 Å². The van der Waals surface area contributed by atoms with Crippen LogP contribution in [0.15, 0.2) is 47.4 Å². The van der Waals surface area contributed by atoms with Crippen LogP contribution >= 0.6 is 11.3 Å². The Kier molecular flexibility index (Phi) is 7.41. The molecule has 0 bridgehead atoms. The average molecular weight is 491 g/mol. The first kappa shape index (κ1) is 23.8. The van der Waals surface area contributed by atoms with Crippen LogP contribution < -0.4 is 4.90 Å². The Morgan fingerprint density at radius 1 is 1.24 bits per heavy atom. The molecule has 1 fully saturated rings. The zero-order valence-corrected chi connectivity index (χ0v) is 20.1. The summed E-state index contributed by atoms with van der Waals surface area (Å²) in [5.74, 6) is -0.842. The number of aryl methyl sites for hydroxylation is 1. The molecule has 6 nitrogen and oxygen atoms in total. The van der Waals surface area contributed by atoms with Gasteiger partial charge in [0.2, 0.25) is 5.91 Å². The summed E-state index contributed by atoms with van der Waals surface area (Å²) in [6.45, 7) is 3.16. The Balaban J connectivity index is 1.50. The van der Waals surface area contributed by atoms with Crippen molar-refractivity contribution in [1.82, 2.24) is 4.98 Å². The number of carbonyl (C=O) groups excluding carboxylic acids is 1. The predicted molar refractivity (Wildman–Crippen MR) is 128 cm³/mol. The molecule has 1 aliphatic rings. The van der Waals surface area contributed by atoms with E-state index in [1.54, 1.807) is 4.90 Å². The van der Waals surface area contributed by atoms with Gasteiger partial charge in [-0.3, -0.25) is 9.69 Å². The van der Waals surface area contributed by atoms with E-state index in [1.165, 1.54) is 23.5 Å². The molecule has 1 aliphatic heterocycles. The van der Waals surface area contributed by atoms with Crippen molar-refractivity contribution in [3.05, 3.63) is 53.8 Å². The van der Waals surface area contributed by atoms with E-state index in [4.69, 9.17) is 9.72 Å². The molecule has 0 N–H and O–H groups in total. The Morgan fingerprint density at radius 2 is 2.03 bits per heavy atom. The Morgan fingerprint density at radius 3 is 2.73 bits per heavy atom. The molecular formula is C24H27FN2O4S2. The summed E-state index contributed by atoms with van der Waals surface area (Å²) in [7, 11) is -3.59. The van der Waals surface area contributed by atoms with E-state index >= 15 is 0 Å². The standard InChI is InChI=1S/C24H27FN2O4S2/c1-2-17-6-3-8-21-23(17)26-24(32-21)27(16-19-7-4-14-31-19)22(28)9-5-15-33(29,30)20-12-10-18(25)11-13-20/h3,6,8,10-13,19H,2,4-5,7,9,14-16H2,1H3. The number of para-hydroxylation sites is 1. The zero-order chi connectivity index (χ0) is 23.4. The van der Waals surface area contributed by atoms with Gasteiger partial charge in [0.25, 0.3) is 0 Å². The van der Waals surface area contributed by atoms with Crippen LogP contribution in [0.3, 0.4) is 0 Å². The molecule has 2 heterocycles.